The monoisotopic (exact) mass is 915 g/mol. The minimum Gasteiger partial charge on any atom is -0.462 e. The van der Waals surface area contributed by atoms with Gasteiger partial charge in [-0.15, -0.1) is 0 Å². The van der Waals surface area contributed by atoms with E-state index in [1.165, 1.54) is 0 Å². The summed E-state index contributed by atoms with van der Waals surface area (Å²) in [7, 11) is -4.62. The van der Waals surface area contributed by atoms with Crippen molar-refractivity contribution in [2.45, 2.75) is 166 Å². The lowest BCUT2D eigenvalue weighted by molar-refractivity contribution is -0.297. The molecule has 0 aromatic carbocycles. The highest BCUT2D eigenvalue weighted by atomic mass is 32.2. The summed E-state index contributed by atoms with van der Waals surface area (Å²) in [5.74, 6) is -2.12. The Hall–Kier alpha value is -3.95. The van der Waals surface area contributed by atoms with Gasteiger partial charge >= 0.3 is 11.9 Å². The molecule has 0 aromatic rings. The van der Waals surface area contributed by atoms with Gasteiger partial charge in [-0.05, 0) is 96.3 Å². The second-order valence-corrected chi connectivity index (χ2v) is 16.8. The SMILES string of the molecule is CC/C=C/C/C=C/C/C=C/C/C=C/C/C=C/CCCCCC(=O)O[C@H](COC(=O)CCC/C=C/C/C=C/C/C=C/C/C=C/C/C=C/CC)CO[C@H]1O[C@H](CS(=O)(=O)O)[C@@H](O)C(O)C1O. The van der Waals surface area contributed by atoms with Gasteiger partial charge in [-0.2, -0.15) is 8.42 Å². The van der Waals surface area contributed by atoms with Crippen LogP contribution in [0.3, 0.4) is 0 Å². The molecule has 64 heavy (non-hydrogen) atoms. The van der Waals surface area contributed by atoms with Crippen LogP contribution in [0.15, 0.2) is 122 Å². The van der Waals surface area contributed by atoms with E-state index in [0.29, 0.717) is 19.3 Å². The van der Waals surface area contributed by atoms with Crippen molar-refractivity contribution in [2.75, 3.05) is 19.0 Å². The molecule has 1 rings (SSSR count). The zero-order chi connectivity index (χ0) is 46.9. The van der Waals surface area contributed by atoms with Gasteiger partial charge < -0.3 is 34.3 Å². The molecule has 2 unspecified atom stereocenters. The molecule has 0 amide bonds. The predicted molar refractivity (Wildman–Crippen MR) is 256 cm³/mol. The lowest BCUT2D eigenvalue weighted by Gasteiger charge is -2.40. The average Bonchev–Trinajstić information content (AvgIpc) is 3.26. The first-order valence-corrected chi connectivity index (χ1v) is 24.7. The van der Waals surface area contributed by atoms with E-state index in [2.05, 4.69) is 123 Å². The predicted octanol–water partition coefficient (Wildman–Crippen LogP) is 9.78. The third-order valence-electron chi connectivity index (χ3n) is 9.54. The Kier molecular flexibility index (Phi) is 35.8. The molecule has 1 saturated heterocycles. The van der Waals surface area contributed by atoms with Gasteiger partial charge in [-0.3, -0.25) is 14.1 Å². The standard InChI is InChI=1S/C51H78O12S/c1-3-5-7-9-11-13-15-17-19-21-22-24-26-28-30-32-34-36-38-40-47(53)62-44(42-61-51-50(56)49(55)48(54)45(63-51)43-64(57,58)59)41-60-46(52)39-37-35-33-31-29-27-25-23-20-18-16-14-12-10-8-6-4-2/h5-8,11-14,17-20,22,24-25,27-28,30-31,33,44-45,48-51,54-56H,3-4,9-10,15-16,21,23,26,29,32,34-43H2,1-2H3,(H,57,58,59)/b7-5+,8-6+,13-11+,14-12+,19-17+,20-18+,24-22+,27-25+,30-28+,33-31+/t44-,45-,48-,49?,50?,51+/m1/s1. The van der Waals surface area contributed by atoms with Crippen molar-refractivity contribution in [3.05, 3.63) is 122 Å². The Morgan fingerprint density at radius 3 is 1.41 bits per heavy atom. The van der Waals surface area contributed by atoms with E-state index in [0.717, 1.165) is 83.5 Å². The number of carbonyl (C=O) groups excluding carboxylic acids is 2. The molecule has 360 valence electrons. The molecular weight excluding hydrogens is 837 g/mol. The largest absolute Gasteiger partial charge is 0.462 e. The Labute approximate surface area is 384 Å². The number of aliphatic hydroxyl groups is 3. The number of allylic oxidation sites excluding steroid dienone is 20. The number of ether oxygens (including phenoxy) is 4. The minimum absolute atomic E-state index is 0.104. The van der Waals surface area contributed by atoms with Crippen LogP contribution < -0.4 is 0 Å². The molecule has 6 atom stereocenters. The van der Waals surface area contributed by atoms with Crippen LogP contribution in [0.25, 0.3) is 0 Å². The summed E-state index contributed by atoms with van der Waals surface area (Å²) < 4.78 is 54.0. The molecule has 0 radical (unpaired) electrons. The zero-order valence-corrected chi connectivity index (χ0v) is 39.1. The second-order valence-electron chi connectivity index (χ2n) is 15.3. The average molecular weight is 915 g/mol. The Morgan fingerprint density at radius 1 is 0.531 bits per heavy atom. The normalized spacial score (nSPS) is 20.8. The van der Waals surface area contributed by atoms with Crippen molar-refractivity contribution in [1.82, 2.24) is 0 Å². The molecule has 1 aliphatic rings. The van der Waals surface area contributed by atoms with Gasteiger partial charge in [0.25, 0.3) is 10.1 Å². The summed E-state index contributed by atoms with van der Waals surface area (Å²) in [5, 5.41) is 30.9. The fourth-order valence-corrected chi connectivity index (χ4v) is 6.72. The van der Waals surface area contributed by atoms with Gasteiger partial charge in [0, 0.05) is 12.8 Å². The number of rotatable bonds is 36. The molecule has 0 aromatic heterocycles. The van der Waals surface area contributed by atoms with Crippen LogP contribution in [0.1, 0.15) is 129 Å². The molecule has 0 spiro atoms. The maximum absolute atomic E-state index is 12.8. The van der Waals surface area contributed by atoms with E-state index >= 15 is 0 Å². The van der Waals surface area contributed by atoms with E-state index in [9.17, 15) is 37.9 Å². The van der Waals surface area contributed by atoms with Gasteiger partial charge in [0.05, 0.1) is 6.61 Å². The first-order chi connectivity index (χ1) is 31.0. The van der Waals surface area contributed by atoms with Crippen LogP contribution in [0.5, 0.6) is 0 Å². The third-order valence-corrected chi connectivity index (χ3v) is 10.3. The number of unbranched alkanes of at least 4 members (excludes halogenated alkanes) is 4. The van der Waals surface area contributed by atoms with Crippen molar-refractivity contribution in [1.29, 1.82) is 0 Å². The highest BCUT2D eigenvalue weighted by Crippen LogP contribution is 2.24. The topological polar surface area (TPSA) is 186 Å². The Balaban J connectivity index is 2.52. The Morgan fingerprint density at radius 2 is 0.953 bits per heavy atom. The molecule has 13 heteroatoms. The van der Waals surface area contributed by atoms with E-state index in [1.54, 1.807) is 0 Å². The maximum Gasteiger partial charge on any atom is 0.306 e. The number of hydrogen-bond acceptors (Lipinski definition) is 11. The zero-order valence-electron chi connectivity index (χ0n) is 38.3. The summed E-state index contributed by atoms with van der Waals surface area (Å²) in [6.45, 7) is 3.43. The molecule has 1 fully saturated rings. The fraction of sp³-hybridized carbons (Fsp3) is 0.569. The fourth-order valence-electron chi connectivity index (χ4n) is 6.03. The molecule has 1 heterocycles. The number of hydrogen-bond donors (Lipinski definition) is 4. The third kappa shape index (κ3) is 33.5. The molecule has 12 nitrogen and oxygen atoms in total. The van der Waals surface area contributed by atoms with Crippen molar-refractivity contribution in [2.24, 2.45) is 0 Å². The summed E-state index contributed by atoms with van der Waals surface area (Å²) in [5.41, 5.74) is 0. The lowest BCUT2D eigenvalue weighted by Crippen LogP contribution is -2.60. The van der Waals surface area contributed by atoms with E-state index in [-0.39, 0.29) is 19.4 Å². The molecule has 0 saturated carbocycles. The van der Waals surface area contributed by atoms with Gasteiger partial charge in [0.1, 0.15) is 36.8 Å². The second kappa shape index (κ2) is 39.4. The molecule has 0 bridgehead atoms. The van der Waals surface area contributed by atoms with Crippen LogP contribution in [-0.4, -0.2) is 96.0 Å². The van der Waals surface area contributed by atoms with Crippen molar-refractivity contribution >= 4 is 22.1 Å². The summed E-state index contributed by atoms with van der Waals surface area (Å²) in [6, 6.07) is 0. The first-order valence-electron chi connectivity index (χ1n) is 23.1. The van der Waals surface area contributed by atoms with Crippen LogP contribution in [-0.2, 0) is 38.7 Å². The van der Waals surface area contributed by atoms with Gasteiger partial charge in [0.15, 0.2) is 12.4 Å². The smallest absolute Gasteiger partial charge is 0.306 e. The van der Waals surface area contributed by atoms with Crippen LogP contribution in [0.2, 0.25) is 0 Å². The van der Waals surface area contributed by atoms with Crippen LogP contribution in [0, 0.1) is 0 Å². The number of esters is 2. The van der Waals surface area contributed by atoms with E-state index < -0.39 is 71.2 Å². The van der Waals surface area contributed by atoms with Crippen LogP contribution >= 0.6 is 0 Å². The maximum atomic E-state index is 12.8. The van der Waals surface area contributed by atoms with Crippen molar-refractivity contribution in [3.63, 3.8) is 0 Å². The number of carbonyl (C=O) groups is 2. The first kappa shape index (κ1) is 58.1. The quantitative estimate of drug-likeness (QED) is 0.0202. The highest BCUT2D eigenvalue weighted by Gasteiger charge is 2.46. The minimum atomic E-state index is -4.62. The van der Waals surface area contributed by atoms with Crippen molar-refractivity contribution < 1.29 is 56.8 Å². The van der Waals surface area contributed by atoms with Gasteiger partial charge in [-0.25, -0.2) is 0 Å². The van der Waals surface area contributed by atoms with E-state index in [1.807, 2.05) is 12.2 Å². The molecule has 0 aliphatic carbocycles. The van der Waals surface area contributed by atoms with Gasteiger partial charge in [-0.1, -0.05) is 142 Å². The number of aliphatic hydroxyl groups excluding tert-OH is 3. The lowest BCUT2D eigenvalue weighted by atomic mass is 10.00. The van der Waals surface area contributed by atoms with E-state index in [4.69, 9.17) is 18.9 Å². The summed E-state index contributed by atoms with van der Waals surface area (Å²) in [4.78, 5) is 25.4. The van der Waals surface area contributed by atoms with Gasteiger partial charge in [0.2, 0.25) is 0 Å². The van der Waals surface area contributed by atoms with Crippen LogP contribution in [0.4, 0.5) is 0 Å². The summed E-state index contributed by atoms with van der Waals surface area (Å²) >= 11 is 0. The molecule has 4 N–H and O–H groups in total. The Bertz CT molecular complexity index is 1640. The molecule has 1 aliphatic heterocycles. The highest BCUT2D eigenvalue weighted by molar-refractivity contribution is 7.85. The summed E-state index contributed by atoms with van der Waals surface area (Å²) in [6.07, 6.45) is 46.7. The molecular formula is C51H78O12S. The van der Waals surface area contributed by atoms with Crippen molar-refractivity contribution in [3.8, 4) is 0 Å².